The number of benzene rings is 1. The van der Waals surface area contributed by atoms with Crippen LogP contribution in [0.4, 0.5) is 0 Å². The number of rotatable bonds is 6. The Labute approximate surface area is 121 Å². The maximum Gasteiger partial charge on any atom is 0.309 e. The van der Waals surface area contributed by atoms with Gasteiger partial charge in [0.1, 0.15) is 0 Å². The second kappa shape index (κ2) is 7.94. The maximum atomic E-state index is 11.3. The fraction of sp³-hybridized carbons (Fsp3) is 0.429. The van der Waals surface area contributed by atoms with Gasteiger partial charge in [0.15, 0.2) is 0 Å². The topological polar surface area (TPSA) is 52.6 Å². The minimum Gasteiger partial charge on any atom is -0.469 e. The molecule has 0 aliphatic rings. The largest absolute Gasteiger partial charge is 0.469 e. The summed E-state index contributed by atoms with van der Waals surface area (Å²) in [5.41, 5.74) is 1.85. The number of aryl methyl sites for hydroxylation is 1. The summed E-state index contributed by atoms with van der Waals surface area (Å²) in [4.78, 5) is 22.5. The maximum absolute atomic E-state index is 11.3. The lowest BCUT2D eigenvalue weighted by atomic mass is 10.0. The Morgan fingerprint density at radius 3 is 2.47 bits per heavy atom. The molecule has 4 nitrogen and oxygen atoms in total. The van der Waals surface area contributed by atoms with E-state index in [0.29, 0.717) is 19.4 Å². The molecule has 0 amide bonds. The Kier molecular flexibility index (Phi) is 6.56. The predicted molar refractivity (Wildman–Crippen MR) is 74.8 cm³/mol. The summed E-state index contributed by atoms with van der Waals surface area (Å²) in [6.45, 7) is 2.18. The molecular weight excluding hydrogens is 312 g/mol. The number of esters is 2. The molecule has 1 aromatic carbocycles. The third-order valence-electron chi connectivity index (χ3n) is 2.52. The van der Waals surface area contributed by atoms with Gasteiger partial charge in [-0.25, -0.2) is 0 Å². The highest BCUT2D eigenvalue weighted by Crippen LogP contribution is 2.18. The summed E-state index contributed by atoms with van der Waals surface area (Å²) >= 11 is 3.39. The van der Waals surface area contributed by atoms with Gasteiger partial charge in [-0.05, 0) is 36.6 Å². The van der Waals surface area contributed by atoms with Crippen LogP contribution in [0.15, 0.2) is 22.7 Å². The van der Waals surface area contributed by atoms with E-state index >= 15 is 0 Å². The normalized spacial score (nSPS) is 10.1. The molecule has 0 radical (unpaired) electrons. The molecule has 0 aliphatic heterocycles. The monoisotopic (exact) mass is 328 g/mol. The van der Waals surface area contributed by atoms with Crippen molar-refractivity contribution >= 4 is 27.9 Å². The lowest BCUT2D eigenvalue weighted by molar-refractivity contribution is -0.143. The quantitative estimate of drug-likeness (QED) is 0.753. The van der Waals surface area contributed by atoms with E-state index in [2.05, 4.69) is 20.7 Å². The van der Waals surface area contributed by atoms with Crippen LogP contribution >= 0.6 is 15.9 Å². The van der Waals surface area contributed by atoms with Gasteiger partial charge in [0.2, 0.25) is 0 Å². The second-order valence-electron chi connectivity index (χ2n) is 4.03. The Hall–Kier alpha value is -1.36. The van der Waals surface area contributed by atoms with Crippen molar-refractivity contribution in [2.24, 2.45) is 0 Å². The first-order chi connectivity index (χ1) is 9.05. The fourth-order valence-corrected chi connectivity index (χ4v) is 2.27. The highest BCUT2D eigenvalue weighted by Gasteiger charge is 2.07. The van der Waals surface area contributed by atoms with Crippen LogP contribution in [-0.2, 0) is 31.9 Å². The number of hydrogen-bond donors (Lipinski definition) is 0. The number of carbonyl (C=O) groups is 2. The molecule has 0 aliphatic carbocycles. The summed E-state index contributed by atoms with van der Waals surface area (Å²) in [5.74, 6) is -0.494. The van der Waals surface area contributed by atoms with E-state index in [9.17, 15) is 9.59 Å². The average molecular weight is 329 g/mol. The standard InChI is InChI=1S/C14H17BrO4/c1-3-19-13(16)5-4-10-6-11(8-12(15)7-10)9-14(17)18-2/h6-8H,3-5,9H2,1-2H3. The first-order valence-corrected chi connectivity index (χ1v) is 6.85. The molecule has 0 saturated heterocycles. The summed E-state index contributed by atoms with van der Waals surface area (Å²) in [6.07, 6.45) is 1.15. The van der Waals surface area contributed by atoms with Gasteiger partial charge in [0, 0.05) is 10.9 Å². The van der Waals surface area contributed by atoms with E-state index in [1.807, 2.05) is 18.2 Å². The molecule has 0 bridgehead atoms. The van der Waals surface area contributed by atoms with Gasteiger partial charge in [-0.15, -0.1) is 0 Å². The fourth-order valence-electron chi connectivity index (χ4n) is 1.68. The molecule has 0 aromatic heterocycles. The van der Waals surface area contributed by atoms with Crippen molar-refractivity contribution in [2.45, 2.75) is 26.2 Å². The van der Waals surface area contributed by atoms with Crippen LogP contribution in [0.1, 0.15) is 24.5 Å². The smallest absolute Gasteiger partial charge is 0.309 e. The average Bonchev–Trinajstić information content (AvgIpc) is 2.36. The molecule has 0 saturated carbocycles. The van der Waals surface area contributed by atoms with Crippen LogP contribution in [0.3, 0.4) is 0 Å². The van der Waals surface area contributed by atoms with Crippen LogP contribution in [-0.4, -0.2) is 25.7 Å². The Balaban J connectivity index is 2.68. The van der Waals surface area contributed by atoms with Crippen molar-refractivity contribution in [2.75, 3.05) is 13.7 Å². The second-order valence-corrected chi connectivity index (χ2v) is 4.94. The zero-order chi connectivity index (χ0) is 14.3. The lowest BCUT2D eigenvalue weighted by Crippen LogP contribution is -2.07. The molecular formula is C14H17BrO4. The number of carbonyl (C=O) groups excluding carboxylic acids is 2. The SMILES string of the molecule is CCOC(=O)CCc1cc(Br)cc(CC(=O)OC)c1. The van der Waals surface area contributed by atoms with Crippen molar-refractivity contribution in [1.29, 1.82) is 0 Å². The molecule has 5 heteroatoms. The van der Waals surface area contributed by atoms with Crippen molar-refractivity contribution in [3.63, 3.8) is 0 Å². The van der Waals surface area contributed by atoms with Gasteiger partial charge < -0.3 is 9.47 Å². The molecule has 0 atom stereocenters. The number of halogens is 1. The Bertz CT molecular complexity index is 457. The molecule has 0 unspecified atom stereocenters. The van der Waals surface area contributed by atoms with Crippen molar-refractivity contribution < 1.29 is 19.1 Å². The highest BCUT2D eigenvalue weighted by molar-refractivity contribution is 9.10. The van der Waals surface area contributed by atoms with Gasteiger partial charge in [0.25, 0.3) is 0 Å². The van der Waals surface area contributed by atoms with Gasteiger partial charge in [0.05, 0.1) is 20.1 Å². The predicted octanol–water partition coefficient (Wildman–Crippen LogP) is 2.66. The number of ether oxygens (including phenoxy) is 2. The zero-order valence-electron chi connectivity index (χ0n) is 11.1. The molecule has 0 heterocycles. The highest BCUT2D eigenvalue weighted by atomic mass is 79.9. The van der Waals surface area contributed by atoms with Crippen LogP contribution in [0.2, 0.25) is 0 Å². The van der Waals surface area contributed by atoms with Gasteiger partial charge in [-0.1, -0.05) is 22.0 Å². The van der Waals surface area contributed by atoms with E-state index in [1.165, 1.54) is 7.11 Å². The number of hydrogen-bond acceptors (Lipinski definition) is 4. The molecule has 0 fully saturated rings. The van der Waals surface area contributed by atoms with E-state index in [1.54, 1.807) is 6.92 Å². The van der Waals surface area contributed by atoms with Crippen LogP contribution < -0.4 is 0 Å². The van der Waals surface area contributed by atoms with Crippen molar-refractivity contribution in [1.82, 2.24) is 0 Å². The molecule has 1 rings (SSSR count). The molecule has 1 aromatic rings. The van der Waals surface area contributed by atoms with Gasteiger partial charge in [-0.2, -0.15) is 0 Å². The summed E-state index contributed by atoms with van der Waals surface area (Å²) in [6, 6.07) is 5.70. The van der Waals surface area contributed by atoms with E-state index in [0.717, 1.165) is 15.6 Å². The number of methoxy groups -OCH3 is 1. The summed E-state index contributed by atoms with van der Waals surface area (Å²) in [5, 5.41) is 0. The van der Waals surface area contributed by atoms with E-state index in [4.69, 9.17) is 4.74 Å². The van der Waals surface area contributed by atoms with Gasteiger partial charge >= 0.3 is 11.9 Å². The molecule has 0 N–H and O–H groups in total. The summed E-state index contributed by atoms with van der Waals surface area (Å²) in [7, 11) is 1.36. The minimum atomic E-state index is -0.283. The first kappa shape index (κ1) is 15.7. The molecule has 19 heavy (non-hydrogen) atoms. The first-order valence-electron chi connectivity index (χ1n) is 6.06. The Morgan fingerprint density at radius 2 is 1.84 bits per heavy atom. The van der Waals surface area contributed by atoms with Crippen LogP contribution in [0.25, 0.3) is 0 Å². The van der Waals surface area contributed by atoms with Crippen LogP contribution in [0, 0.1) is 0 Å². The van der Waals surface area contributed by atoms with Crippen LogP contribution in [0.5, 0.6) is 0 Å². The van der Waals surface area contributed by atoms with Gasteiger partial charge in [-0.3, -0.25) is 9.59 Å². The molecule has 0 spiro atoms. The third-order valence-corrected chi connectivity index (χ3v) is 2.97. The lowest BCUT2D eigenvalue weighted by Gasteiger charge is -2.06. The van der Waals surface area contributed by atoms with E-state index < -0.39 is 0 Å². The Morgan fingerprint density at radius 1 is 1.16 bits per heavy atom. The zero-order valence-corrected chi connectivity index (χ0v) is 12.7. The molecule has 104 valence electrons. The van der Waals surface area contributed by atoms with Crippen molar-refractivity contribution in [3.8, 4) is 0 Å². The minimum absolute atomic E-state index is 0.211. The summed E-state index contributed by atoms with van der Waals surface area (Å²) < 4.78 is 10.4. The van der Waals surface area contributed by atoms with Crippen molar-refractivity contribution in [3.05, 3.63) is 33.8 Å². The van der Waals surface area contributed by atoms with E-state index in [-0.39, 0.29) is 18.4 Å². The third kappa shape index (κ3) is 5.87.